The molecular weight excluding hydrogens is 178 g/mol. The molecule has 2 heterocycles. The van der Waals surface area contributed by atoms with Crippen LogP contribution in [0.25, 0.3) is 10.9 Å². The van der Waals surface area contributed by atoms with Gasteiger partial charge in [0.1, 0.15) is 5.75 Å². The van der Waals surface area contributed by atoms with Crippen LogP contribution in [0.4, 0.5) is 0 Å². The standard InChI is InChI=1S/C11H9NO2/c13-10-3-1-2-8-7(10)6-9-11(14)4-5-12(8)9/h1-3,6,13H,4-5H2. The molecule has 1 aliphatic heterocycles. The number of phenolic OH excluding ortho intramolecular Hbond substituents is 1. The van der Waals surface area contributed by atoms with Gasteiger partial charge in [-0.05, 0) is 18.2 Å². The Morgan fingerprint density at radius 2 is 2.21 bits per heavy atom. The zero-order valence-electron chi connectivity index (χ0n) is 7.53. The second-order valence-electron chi connectivity index (χ2n) is 3.56. The maximum atomic E-state index is 11.4. The van der Waals surface area contributed by atoms with E-state index in [1.54, 1.807) is 18.2 Å². The molecule has 70 valence electrons. The fourth-order valence-electron chi connectivity index (χ4n) is 2.08. The van der Waals surface area contributed by atoms with Crippen molar-refractivity contribution in [1.29, 1.82) is 0 Å². The van der Waals surface area contributed by atoms with E-state index in [9.17, 15) is 9.90 Å². The van der Waals surface area contributed by atoms with E-state index in [2.05, 4.69) is 0 Å². The number of fused-ring (bicyclic) bond motifs is 3. The third-order valence-corrected chi connectivity index (χ3v) is 2.77. The number of benzene rings is 1. The fraction of sp³-hybridized carbons (Fsp3) is 0.182. The van der Waals surface area contributed by atoms with Crippen LogP contribution in [0.3, 0.4) is 0 Å². The number of hydrogen-bond donors (Lipinski definition) is 1. The molecule has 3 nitrogen and oxygen atoms in total. The zero-order valence-corrected chi connectivity index (χ0v) is 7.53. The first-order chi connectivity index (χ1) is 6.77. The highest BCUT2D eigenvalue weighted by molar-refractivity contribution is 6.03. The van der Waals surface area contributed by atoms with Crippen LogP contribution >= 0.6 is 0 Å². The summed E-state index contributed by atoms with van der Waals surface area (Å²) in [6, 6.07) is 7.15. The third kappa shape index (κ3) is 0.789. The summed E-state index contributed by atoms with van der Waals surface area (Å²) in [6.45, 7) is 0.737. The van der Waals surface area contributed by atoms with Gasteiger partial charge in [-0.3, -0.25) is 4.79 Å². The number of nitrogens with zero attached hydrogens (tertiary/aromatic N) is 1. The van der Waals surface area contributed by atoms with Gasteiger partial charge in [0.15, 0.2) is 5.78 Å². The summed E-state index contributed by atoms with van der Waals surface area (Å²) in [4.78, 5) is 11.4. The maximum absolute atomic E-state index is 11.4. The van der Waals surface area contributed by atoms with Crippen molar-refractivity contribution in [3.8, 4) is 5.75 Å². The highest BCUT2D eigenvalue weighted by Crippen LogP contribution is 2.31. The minimum Gasteiger partial charge on any atom is -0.507 e. The topological polar surface area (TPSA) is 42.2 Å². The van der Waals surface area contributed by atoms with Gasteiger partial charge in [-0.25, -0.2) is 0 Å². The normalized spacial score (nSPS) is 15.0. The molecule has 0 atom stereocenters. The summed E-state index contributed by atoms with van der Waals surface area (Å²) >= 11 is 0. The summed E-state index contributed by atoms with van der Waals surface area (Å²) in [5, 5.41) is 10.4. The SMILES string of the molecule is O=C1CCn2c1cc1c(O)cccc12. The third-order valence-electron chi connectivity index (χ3n) is 2.77. The van der Waals surface area contributed by atoms with Crippen molar-refractivity contribution in [3.05, 3.63) is 30.0 Å². The van der Waals surface area contributed by atoms with E-state index in [1.807, 2.05) is 10.6 Å². The fourth-order valence-corrected chi connectivity index (χ4v) is 2.08. The van der Waals surface area contributed by atoms with Crippen molar-refractivity contribution >= 4 is 16.7 Å². The van der Waals surface area contributed by atoms with Gasteiger partial charge in [0, 0.05) is 18.4 Å². The predicted molar refractivity (Wildman–Crippen MR) is 52.6 cm³/mol. The number of phenols is 1. The molecule has 2 aromatic rings. The van der Waals surface area contributed by atoms with Crippen LogP contribution in [0, 0.1) is 0 Å². The van der Waals surface area contributed by atoms with Gasteiger partial charge in [0.05, 0.1) is 11.2 Å². The van der Waals surface area contributed by atoms with E-state index in [0.29, 0.717) is 6.42 Å². The van der Waals surface area contributed by atoms with E-state index in [4.69, 9.17) is 0 Å². The lowest BCUT2D eigenvalue weighted by Crippen LogP contribution is -1.91. The van der Waals surface area contributed by atoms with Gasteiger partial charge in [-0.15, -0.1) is 0 Å². The van der Waals surface area contributed by atoms with E-state index < -0.39 is 0 Å². The summed E-state index contributed by atoms with van der Waals surface area (Å²) in [5.41, 5.74) is 1.67. The number of carbonyl (C=O) groups excluding carboxylic acids is 1. The Morgan fingerprint density at radius 3 is 3.07 bits per heavy atom. The Labute approximate surface area is 80.6 Å². The van der Waals surface area contributed by atoms with E-state index in [-0.39, 0.29) is 11.5 Å². The largest absolute Gasteiger partial charge is 0.507 e. The van der Waals surface area contributed by atoms with Gasteiger partial charge in [0.25, 0.3) is 0 Å². The molecule has 0 saturated heterocycles. The Bertz CT molecular complexity index is 539. The van der Waals surface area contributed by atoms with Crippen LogP contribution in [0.1, 0.15) is 16.9 Å². The van der Waals surface area contributed by atoms with Crippen molar-refractivity contribution in [1.82, 2.24) is 4.57 Å². The molecular formula is C11H9NO2. The first-order valence-corrected chi connectivity index (χ1v) is 4.62. The smallest absolute Gasteiger partial charge is 0.181 e. The lowest BCUT2D eigenvalue weighted by atomic mass is 10.2. The molecule has 0 fully saturated rings. The van der Waals surface area contributed by atoms with Crippen LogP contribution in [0.5, 0.6) is 5.75 Å². The number of Topliss-reactive ketones (excluding diaryl/α,β-unsaturated/α-hetero) is 1. The number of hydrogen-bond acceptors (Lipinski definition) is 2. The number of rotatable bonds is 0. The minimum absolute atomic E-state index is 0.167. The van der Waals surface area contributed by atoms with Crippen molar-refractivity contribution < 1.29 is 9.90 Å². The van der Waals surface area contributed by atoms with E-state index >= 15 is 0 Å². The van der Waals surface area contributed by atoms with Crippen LogP contribution < -0.4 is 0 Å². The van der Waals surface area contributed by atoms with Gasteiger partial charge in [-0.1, -0.05) is 6.07 Å². The molecule has 0 amide bonds. The number of aryl methyl sites for hydroxylation is 1. The van der Waals surface area contributed by atoms with E-state index in [0.717, 1.165) is 23.1 Å². The number of aromatic nitrogens is 1. The van der Waals surface area contributed by atoms with Crippen LogP contribution in [-0.4, -0.2) is 15.5 Å². The molecule has 0 radical (unpaired) electrons. The van der Waals surface area contributed by atoms with E-state index in [1.165, 1.54) is 0 Å². The van der Waals surface area contributed by atoms with Crippen molar-refractivity contribution in [2.45, 2.75) is 13.0 Å². The molecule has 14 heavy (non-hydrogen) atoms. The van der Waals surface area contributed by atoms with Gasteiger partial charge in [-0.2, -0.15) is 0 Å². The van der Waals surface area contributed by atoms with Crippen LogP contribution in [-0.2, 0) is 6.54 Å². The minimum atomic E-state index is 0.167. The summed E-state index contributed by atoms with van der Waals surface area (Å²) in [6.07, 6.45) is 0.584. The van der Waals surface area contributed by atoms with Crippen LogP contribution in [0.15, 0.2) is 24.3 Å². The predicted octanol–water partition coefficient (Wildman–Crippen LogP) is 1.93. The average Bonchev–Trinajstić information content (AvgIpc) is 2.69. The molecule has 1 aromatic heterocycles. The summed E-state index contributed by atoms with van der Waals surface area (Å²) < 4.78 is 1.97. The lowest BCUT2D eigenvalue weighted by Gasteiger charge is -1.99. The second-order valence-corrected chi connectivity index (χ2v) is 3.56. The molecule has 0 aliphatic carbocycles. The Balaban J connectivity index is 2.45. The number of ketones is 1. The van der Waals surface area contributed by atoms with Gasteiger partial charge in [0.2, 0.25) is 0 Å². The monoisotopic (exact) mass is 187 g/mol. The Hall–Kier alpha value is -1.77. The highest BCUT2D eigenvalue weighted by Gasteiger charge is 2.22. The zero-order chi connectivity index (χ0) is 9.71. The summed E-state index contributed by atoms with van der Waals surface area (Å²) in [5.74, 6) is 0.415. The Kier molecular flexibility index (Phi) is 1.29. The highest BCUT2D eigenvalue weighted by atomic mass is 16.3. The molecule has 1 aliphatic rings. The Morgan fingerprint density at radius 1 is 1.36 bits per heavy atom. The molecule has 0 unspecified atom stereocenters. The number of carbonyl (C=O) groups is 1. The van der Waals surface area contributed by atoms with Crippen molar-refractivity contribution in [3.63, 3.8) is 0 Å². The lowest BCUT2D eigenvalue weighted by molar-refractivity contribution is 0.0994. The quantitative estimate of drug-likeness (QED) is 0.684. The molecule has 0 bridgehead atoms. The molecule has 3 heteroatoms. The van der Waals surface area contributed by atoms with Gasteiger partial charge < -0.3 is 9.67 Å². The van der Waals surface area contributed by atoms with Gasteiger partial charge >= 0.3 is 0 Å². The van der Waals surface area contributed by atoms with Crippen molar-refractivity contribution in [2.24, 2.45) is 0 Å². The molecule has 0 spiro atoms. The average molecular weight is 187 g/mol. The maximum Gasteiger partial charge on any atom is 0.181 e. The second kappa shape index (κ2) is 2.38. The number of aromatic hydroxyl groups is 1. The molecule has 1 aromatic carbocycles. The molecule has 3 rings (SSSR count). The first kappa shape index (κ1) is 7.62. The molecule has 1 N–H and O–H groups in total. The van der Waals surface area contributed by atoms with Crippen LogP contribution in [0.2, 0.25) is 0 Å². The van der Waals surface area contributed by atoms with Crippen molar-refractivity contribution in [2.75, 3.05) is 0 Å². The summed E-state index contributed by atoms with van der Waals surface area (Å²) in [7, 11) is 0. The molecule has 0 saturated carbocycles. The first-order valence-electron chi connectivity index (χ1n) is 4.62.